The smallest absolute Gasteiger partial charge is 0.329 e. The third kappa shape index (κ3) is 3.68. The van der Waals surface area contributed by atoms with Crippen molar-refractivity contribution < 1.29 is 9.84 Å². The predicted octanol–water partition coefficient (Wildman–Crippen LogP) is 3.27. The first-order valence-electron chi connectivity index (χ1n) is 9.07. The van der Waals surface area contributed by atoms with E-state index < -0.39 is 6.10 Å². The molecule has 0 saturated heterocycles. The lowest BCUT2D eigenvalue weighted by Crippen LogP contribution is -2.31. The largest absolute Gasteiger partial charge is 0.491 e. The molecule has 1 aromatic heterocycles. The number of aryl methyl sites for hydroxylation is 3. The van der Waals surface area contributed by atoms with Gasteiger partial charge in [-0.15, -0.1) is 0 Å². The van der Waals surface area contributed by atoms with Gasteiger partial charge in [0.25, 0.3) is 0 Å². The molecule has 0 amide bonds. The summed E-state index contributed by atoms with van der Waals surface area (Å²) >= 11 is 0. The fraction of sp³-hybridized carbons (Fsp3) is 0.381. The van der Waals surface area contributed by atoms with E-state index in [-0.39, 0.29) is 18.8 Å². The highest BCUT2D eigenvalue weighted by atomic mass is 16.5. The van der Waals surface area contributed by atoms with Crippen LogP contribution >= 0.6 is 0 Å². The molecule has 2 aromatic carbocycles. The van der Waals surface area contributed by atoms with Gasteiger partial charge >= 0.3 is 5.69 Å². The lowest BCUT2D eigenvalue weighted by atomic mass is 10.1. The van der Waals surface area contributed by atoms with E-state index in [9.17, 15) is 9.90 Å². The van der Waals surface area contributed by atoms with Crippen LogP contribution in [0.3, 0.4) is 0 Å². The molecule has 5 heteroatoms. The van der Waals surface area contributed by atoms with Gasteiger partial charge in [0.2, 0.25) is 0 Å². The van der Waals surface area contributed by atoms with Crippen molar-refractivity contribution in [3.8, 4) is 5.75 Å². The Labute approximate surface area is 153 Å². The van der Waals surface area contributed by atoms with Crippen LogP contribution < -0.4 is 10.4 Å². The van der Waals surface area contributed by atoms with Crippen molar-refractivity contribution >= 4 is 11.0 Å². The van der Waals surface area contributed by atoms with Crippen LogP contribution in [0.25, 0.3) is 11.0 Å². The monoisotopic (exact) mass is 354 g/mol. The summed E-state index contributed by atoms with van der Waals surface area (Å²) in [7, 11) is 0. The van der Waals surface area contributed by atoms with Gasteiger partial charge in [0.05, 0.1) is 17.6 Å². The number of benzene rings is 2. The van der Waals surface area contributed by atoms with E-state index in [1.54, 1.807) is 9.13 Å². The van der Waals surface area contributed by atoms with E-state index in [0.717, 1.165) is 28.8 Å². The summed E-state index contributed by atoms with van der Waals surface area (Å²) in [4.78, 5) is 12.8. The SMILES string of the molecule is CCCn1c(=O)n(CC(O)COc2ccc(C)cc2C)c2ccccc21. The Morgan fingerprint density at radius 1 is 1.08 bits per heavy atom. The number of aliphatic hydroxyl groups is 1. The summed E-state index contributed by atoms with van der Waals surface area (Å²) in [6.07, 6.45) is 0.112. The van der Waals surface area contributed by atoms with E-state index >= 15 is 0 Å². The standard InChI is InChI=1S/C21H26N2O3/c1-4-11-22-18-7-5-6-8-19(18)23(21(22)25)13-17(24)14-26-20-10-9-15(2)12-16(20)3/h5-10,12,17,24H,4,11,13-14H2,1-3H3. The van der Waals surface area contributed by atoms with Crippen molar-refractivity contribution in [1.82, 2.24) is 9.13 Å². The van der Waals surface area contributed by atoms with Crippen LogP contribution in [0.4, 0.5) is 0 Å². The molecule has 26 heavy (non-hydrogen) atoms. The Kier molecular flexibility index (Phi) is 5.47. The highest BCUT2D eigenvalue weighted by Gasteiger charge is 2.16. The summed E-state index contributed by atoms with van der Waals surface area (Å²) < 4.78 is 9.17. The summed E-state index contributed by atoms with van der Waals surface area (Å²) in [5.74, 6) is 0.760. The van der Waals surface area contributed by atoms with E-state index in [1.165, 1.54) is 5.56 Å². The van der Waals surface area contributed by atoms with Crippen molar-refractivity contribution in [3.05, 3.63) is 64.1 Å². The third-order valence-electron chi connectivity index (χ3n) is 4.53. The molecule has 3 rings (SSSR count). The van der Waals surface area contributed by atoms with Crippen LogP contribution in [0.1, 0.15) is 24.5 Å². The maximum absolute atomic E-state index is 12.8. The minimum Gasteiger partial charge on any atom is -0.491 e. The zero-order chi connectivity index (χ0) is 18.7. The molecule has 0 aliphatic heterocycles. The molecule has 5 nitrogen and oxygen atoms in total. The molecule has 3 aromatic rings. The topological polar surface area (TPSA) is 56.4 Å². The van der Waals surface area contributed by atoms with Gasteiger partial charge in [-0.3, -0.25) is 9.13 Å². The summed E-state index contributed by atoms with van der Waals surface area (Å²) in [6, 6.07) is 13.6. The zero-order valence-corrected chi connectivity index (χ0v) is 15.6. The molecular formula is C21H26N2O3. The Morgan fingerprint density at radius 3 is 2.42 bits per heavy atom. The lowest BCUT2D eigenvalue weighted by Gasteiger charge is -2.15. The van der Waals surface area contributed by atoms with Crippen molar-refractivity contribution in [1.29, 1.82) is 0 Å². The van der Waals surface area contributed by atoms with Gasteiger partial charge in [0.1, 0.15) is 18.5 Å². The van der Waals surface area contributed by atoms with Crippen LogP contribution in [-0.2, 0) is 13.1 Å². The van der Waals surface area contributed by atoms with Gasteiger partial charge in [0, 0.05) is 6.54 Å². The molecule has 0 saturated carbocycles. The predicted molar refractivity (Wildman–Crippen MR) is 104 cm³/mol. The number of hydrogen-bond acceptors (Lipinski definition) is 3. The number of aliphatic hydroxyl groups excluding tert-OH is 1. The molecular weight excluding hydrogens is 328 g/mol. The maximum atomic E-state index is 12.8. The molecule has 138 valence electrons. The number of rotatable bonds is 7. The Balaban J connectivity index is 1.78. The Morgan fingerprint density at radius 2 is 1.77 bits per heavy atom. The number of aromatic nitrogens is 2. The van der Waals surface area contributed by atoms with Crippen LogP contribution in [0.2, 0.25) is 0 Å². The van der Waals surface area contributed by atoms with Crippen molar-refractivity contribution in [3.63, 3.8) is 0 Å². The molecule has 1 atom stereocenters. The number of ether oxygens (including phenoxy) is 1. The van der Waals surface area contributed by atoms with Gasteiger partial charge in [0.15, 0.2) is 0 Å². The van der Waals surface area contributed by atoms with E-state index in [4.69, 9.17) is 4.74 Å². The quantitative estimate of drug-likeness (QED) is 0.708. The normalized spacial score (nSPS) is 12.5. The Hall–Kier alpha value is -2.53. The minimum atomic E-state index is -0.769. The van der Waals surface area contributed by atoms with Crippen molar-refractivity contribution in [2.75, 3.05) is 6.61 Å². The van der Waals surface area contributed by atoms with Crippen LogP contribution in [0.15, 0.2) is 47.3 Å². The average molecular weight is 354 g/mol. The Bertz CT molecular complexity index is 956. The van der Waals surface area contributed by atoms with Crippen LogP contribution in [0.5, 0.6) is 5.75 Å². The third-order valence-corrected chi connectivity index (χ3v) is 4.53. The summed E-state index contributed by atoms with van der Waals surface area (Å²) in [6.45, 7) is 7.08. The number of fused-ring (bicyclic) bond motifs is 1. The van der Waals surface area contributed by atoms with E-state index in [2.05, 4.69) is 0 Å². The van der Waals surface area contributed by atoms with Gasteiger partial charge in [-0.25, -0.2) is 4.79 Å². The van der Waals surface area contributed by atoms with Gasteiger partial charge < -0.3 is 9.84 Å². The first kappa shape index (κ1) is 18.3. The molecule has 0 bridgehead atoms. The maximum Gasteiger partial charge on any atom is 0.329 e. The van der Waals surface area contributed by atoms with Crippen molar-refractivity contribution in [2.45, 2.75) is 46.4 Å². The summed E-state index contributed by atoms with van der Waals surface area (Å²) in [5.41, 5.74) is 3.87. The fourth-order valence-corrected chi connectivity index (χ4v) is 3.30. The van der Waals surface area contributed by atoms with Crippen molar-refractivity contribution in [2.24, 2.45) is 0 Å². The van der Waals surface area contributed by atoms with Crippen LogP contribution in [0, 0.1) is 13.8 Å². The molecule has 1 heterocycles. The van der Waals surface area contributed by atoms with Gasteiger partial charge in [-0.1, -0.05) is 36.8 Å². The highest BCUT2D eigenvalue weighted by molar-refractivity contribution is 5.76. The zero-order valence-electron chi connectivity index (χ0n) is 15.6. The number of imidazole rings is 1. The van der Waals surface area contributed by atoms with Gasteiger partial charge in [-0.2, -0.15) is 0 Å². The molecule has 0 fully saturated rings. The minimum absolute atomic E-state index is 0.0846. The molecule has 0 aliphatic rings. The number of hydrogen-bond donors (Lipinski definition) is 1. The fourth-order valence-electron chi connectivity index (χ4n) is 3.30. The van der Waals surface area contributed by atoms with Gasteiger partial charge in [-0.05, 0) is 44.0 Å². The molecule has 1 unspecified atom stereocenters. The second kappa shape index (κ2) is 7.79. The highest BCUT2D eigenvalue weighted by Crippen LogP contribution is 2.19. The molecule has 0 radical (unpaired) electrons. The van der Waals surface area contributed by atoms with Crippen LogP contribution in [-0.4, -0.2) is 27.0 Å². The van der Waals surface area contributed by atoms with E-state index in [0.29, 0.717) is 6.54 Å². The van der Waals surface area contributed by atoms with E-state index in [1.807, 2.05) is 63.2 Å². The summed E-state index contributed by atoms with van der Waals surface area (Å²) in [5, 5.41) is 10.4. The number of nitrogens with zero attached hydrogens (tertiary/aromatic N) is 2. The second-order valence-electron chi connectivity index (χ2n) is 6.77. The molecule has 0 spiro atoms. The molecule has 1 N–H and O–H groups in total. The second-order valence-corrected chi connectivity index (χ2v) is 6.77. The lowest BCUT2D eigenvalue weighted by molar-refractivity contribution is 0.0921. The first-order chi connectivity index (χ1) is 12.5. The first-order valence-corrected chi connectivity index (χ1v) is 9.07. The molecule has 0 aliphatic carbocycles. The average Bonchev–Trinajstić information content (AvgIpc) is 2.87. The number of para-hydroxylation sites is 2.